The Bertz CT molecular complexity index is 1210. The van der Waals surface area contributed by atoms with E-state index in [1.54, 1.807) is 6.07 Å². The number of nitrogens with one attached hydrogen (secondary N) is 1. The van der Waals surface area contributed by atoms with Crippen molar-refractivity contribution in [1.29, 1.82) is 0 Å². The highest BCUT2D eigenvalue weighted by atomic mass is 32.2. The van der Waals surface area contributed by atoms with E-state index in [1.807, 2.05) is 30.3 Å². The van der Waals surface area contributed by atoms with E-state index < -0.39 is 9.84 Å². The molecule has 0 saturated carbocycles. The smallest absolute Gasteiger partial charge is 0.233 e. The maximum Gasteiger partial charge on any atom is 0.233 e. The Labute approximate surface area is 192 Å². The summed E-state index contributed by atoms with van der Waals surface area (Å²) in [5, 5.41) is 2.99. The summed E-state index contributed by atoms with van der Waals surface area (Å²) >= 11 is 0. The molecule has 0 radical (unpaired) electrons. The number of rotatable bonds is 7. The molecular weight excluding hydrogens is 446 g/mol. The monoisotopic (exact) mass is 471 g/mol. The molecule has 3 aromatic rings. The highest BCUT2D eigenvalue weighted by Crippen LogP contribution is 2.37. The molecule has 10 heteroatoms. The summed E-state index contributed by atoms with van der Waals surface area (Å²) < 4.78 is 49.5. The van der Waals surface area contributed by atoms with Gasteiger partial charge in [-0.2, -0.15) is 4.98 Å². The predicted octanol–water partition coefficient (Wildman–Crippen LogP) is 2.69. The summed E-state index contributed by atoms with van der Waals surface area (Å²) in [5.41, 5.74) is 0.692. The molecule has 5 rings (SSSR count). The van der Waals surface area contributed by atoms with Crippen molar-refractivity contribution in [2.24, 2.45) is 0 Å². The summed E-state index contributed by atoms with van der Waals surface area (Å²) in [6.07, 6.45) is 0. The zero-order valence-electron chi connectivity index (χ0n) is 18.0. The van der Waals surface area contributed by atoms with E-state index in [1.165, 1.54) is 12.1 Å². The lowest BCUT2D eigenvalue weighted by Crippen LogP contribution is -2.39. The van der Waals surface area contributed by atoms with Gasteiger partial charge in [0.25, 0.3) is 0 Å². The van der Waals surface area contributed by atoms with Crippen LogP contribution in [-0.2, 0) is 14.6 Å². The van der Waals surface area contributed by atoms with Gasteiger partial charge in [-0.15, -0.1) is 0 Å². The number of sulfone groups is 1. The third-order valence-corrected chi connectivity index (χ3v) is 7.17. The highest BCUT2D eigenvalue weighted by molar-refractivity contribution is 7.91. The van der Waals surface area contributed by atoms with Crippen molar-refractivity contribution < 1.29 is 27.0 Å². The molecule has 1 N–H and O–H groups in total. The van der Waals surface area contributed by atoms with Crippen LogP contribution in [0, 0.1) is 0 Å². The largest absolute Gasteiger partial charge is 0.486 e. The van der Waals surface area contributed by atoms with Crippen LogP contribution in [0.5, 0.6) is 11.5 Å². The van der Waals surface area contributed by atoms with Gasteiger partial charge in [0.2, 0.25) is 26.6 Å². The second-order valence-corrected chi connectivity index (χ2v) is 9.57. The number of ether oxygens (including phenoxy) is 3. The number of anilines is 1. The molecule has 1 saturated heterocycles. The minimum absolute atomic E-state index is 0.0656. The topological polar surface area (TPSA) is 103 Å². The van der Waals surface area contributed by atoms with Gasteiger partial charge in [0.15, 0.2) is 11.5 Å². The average molecular weight is 472 g/mol. The molecular formula is C23H25N3O6S. The van der Waals surface area contributed by atoms with Crippen LogP contribution >= 0.6 is 0 Å². The van der Waals surface area contributed by atoms with Crippen molar-refractivity contribution in [2.45, 2.75) is 9.92 Å². The average Bonchev–Trinajstić information content (AvgIpc) is 3.30. The Morgan fingerprint density at radius 1 is 0.939 bits per heavy atom. The second kappa shape index (κ2) is 9.42. The third-order valence-electron chi connectivity index (χ3n) is 5.51. The van der Waals surface area contributed by atoms with Gasteiger partial charge in [0, 0.05) is 37.8 Å². The van der Waals surface area contributed by atoms with Gasteiger partial charge in [0.05, 0.1) is 18.1 Å². The van der Waals surface area contributed by atoms with Gasteiger partial charge < -0.3 is 23.9 Å². The number of oxazole rings is 1. The van der Waals surface area contributed by atoms with Crippen LogP contribution in [0.3, 0.4) is 0 Å². The summed E-state index contributed by atoms with van der Waals surface area (Å²) in [7, 11) is -3.98. The molecule has 9 nitrogen and oxygen atoms in total. The van der Waals surface area contributed by atoms with E-state index in [2.05, 4.69) is 15.2 Å². The molecule has 1 fully saturated rings. The van der Waals surface area contributed by atoms with Gasteiger partial charge in [0.1, 0.15) is 13.2 Å². The normalized spacial score (nSPS) is 16.5. The fourth-order valence-electron chi connectivity index (χ4n) is 3.76. The maximum absolute atomic E-state index is 13.6. The molecule has 0 amide bonds. The highest BCUT2D eigenvalue weighted by Gasteiger charge is 2.30. The van der Waals surface area contributed by atoms with Crippen molar-refractivity contribution in [3.8, 4) is 23.0 Å². The molecule has 33 heavy (non-hydrogen) atoms. The van der Waals surface area contributed by atoms with Crippen LogP contribution in [0.4, 0.5) is 5.88 Å². The van der Waals surface area contributed by atoms with Crippen molar-refractivity contribution >= 4 is 15.7 Å². The van der Waals surface area contributed by atoms with Gasteiger partial charge in [-0.05, 0) is 24.3 Å². The molecule has 174 valence electrons. The summed E-state index contributed by atoms with van der Waals surface area (Å²) in [4.78, 5) is 6.70. The maximum atomic E-state index is 13.6. The van der Waals surface area contributed by atoms with E-state index in [9.17, 15) is 8.42 Å². The van der Waals surface area contributed by atoms with E-state index in [-0.39, 0.29) is 21.7 Å². The van der Waals surface area contributed by atoms with E-state index in [4.69, 9.17) is 18.6 Å². The second-order valence-electron chi connectivity index (χ2n) is 7.71. The van der Waals surface area contributed by atoms with Gasteiger partial charge in [-0.25, -0.2) is 8.42 Å². The molecule has 1 aromatic heterocycles. The van der Waals surface area contributed by atoms with E-state index in [0.29, 0.717) is 50.0 Å². The zero-order valence-corrected chi connectivity index (χ0v) is 18.8. The predicted molar refractivity (Wildman–Crippen MR) is 121 cm³/mol. The Kier molecular flexibility index (Phi) is 6.21. The number of fused-ring (bicyclic) bond motifs is 1. The molecule has 2 aliphatic rings. The van der Waals surface area contributed by atoms with E-state index >= 15 is 0 Å². The third kappa shape index (κ3) is 4.68. The lowest BCUT2D eigenvalue weighted by molar-refractivity contribution is 0.0398. The fraction of sp³-hybridized carbons (Fsp3) is 0.348. The number of nitrogens with zero attached hydrogens (tertiary/aromatic N) is 2. The minimum atomic E-state index is -3.98. The van der Waals surface area contributed by atoms with Crippen molar-refractivity contribution in [2.75, 3.05) is 57.9 Å². The molecule has 2 aromatic carbocycles. The van der Waals surface area contributed by atoms with Crippen LogP contribution in [0.1, 0.15) is 0 Å². The van der Waals surface area contributed by atoms with Gasteiger partial charge in [-0.3, -0.25) is 4.90 Å². The Balaban J connectivity index is 1.45. The lowest BCUT2D eigenvalue weighted by atomic mass is 10.2. The quantitative estimate of drug-likeness (QED) is 0.557. The first-order valence-electron chi connectivity index (χ1n) is 10.9. The Morgan fingerprint density at radius 3 is 2.48 bits per heavy atom. The summed E-state index contributed by atoms with van der Waals surface area (Å²) in [6.45, 7) is 5.12. The molecule has 0 aliphatic carbocycles. The van der Waals surface area contributed by atoms with Crippen LogP contribution < -0.4 is 14.8 Å². The number of aromatic nitrogens is 1. The van der Waals surface area contributed by atoms with Crippen LogP contribution in [-0.4, -0.2) is 70.9 Å². The van der Waals surface area contributed by atoms with Crippen LogP contribution in [0.15, 0.2) is 62.9 Å². The van der Waals surface area contributed by atoms with Crippen LogP contribution in [0.25, 0.3) is 11.5 Å². The zero-order chi connectivity index (χ0) is 22.7. The SMILES string of the molecule is O=S(=O)(c1ccc2c(c1)OCCO2)c1nc(-c2ccccc2)oc1NCCN1CCOCC1. The van der Waals surface area contributed by atoms with Crippen LogP contribution in [0.2, 0.25) is 0 Å². The molecule has 0 atom stereocenters. The summed E-state index contributed by atoms with van der Waals surface area (Å²) in [5.74, 6) is 1.28. The van der Waals surface area contributed by atoms with Gasteiger partial charge >= 0.3 is 0 Å². The Morgan fingerprint density at radius 2 is 1.70 bits per heavy atom. The number of hydrogen-bond donors (Lipinski definition) is 1. The van der Waals surface area contributed by atoms with Crippen molar-refractivity contribution in [1.82, 2.24) is 9.88 Å². The molecule has 2 aliphatic heterocycles. The molecule has 0 spiro atoms. The molecule has 0 unspecified atom stereocenters. The number of morpholine rings is 1. The first kappa shape index (κ1) is 21.7. The number of benzene rings is 2. The van der Waals surface area contributed by atoms with Crippen molar-refractivity contribution in [3.05, 3.63) is 48.5 Å². The van der Waals surface area contributed by atoms with Gasteiger partial charge in [-0.1, -0.05) is 18.2 Å². The number of hydrogen-bond acceptors (Lipinski definition) is 9. The first-order chi connectivity index (χ1) is 16.1. The minimum Gasteiger partial charge on any atom is -0.486 e. The van der Waals surface area contributed by atoms with E-state index in [0.717, 1.165) is 19.6 Å². The summed E-state index contributed by atoms with van der Waals surface area (Å²) in [6, 6.07) is 13.8. The lowest BCUT2D eigenvalue weighted by Gasteiger charge is -2.26. The fourth-order valence-corrected chi connectivity index (χ4v) is 5.05. The van der Waals surface area contributed by atoms with Crippen molar-refractivity contribution in [3.63, 3.8) is 0 Å². The molecule has 0 bridgehead atoms. The Hall–Kier alpha value is -3.08. The standard InChI is InChI=1S/C23H25N3O6S/c27-33(28,18-6-7-19-20(16-18)31-15-14-30-19)23-22(24-8-9-26-10-12-29-13-11-26)32-21(25-23)17-4-2-1-3-5-17/h1-7,16,24H,8-15H2. The first-order valence-corrected chi connectivity index (χ1v) is 12.3. The molecule has 3 heterocycles.